The van der Waals surface area contributed by atoms with Gasteiger partial charge >= 0.3 is 18.9 Å². The first kappa shape index (κ1) is 22.0. The molecule has 2 aromatic carbocycles. The van der Waals surface area contributed by atoms with Gasteiger partial charge in [0.1, 0.15) is 5.75 Å². The fourth-order valence-electron chi connectivity index (χ4n) is 2.72. The van der Waals surface area contributed by atoms with Crippen LogP contribution in [0.15, 0.2) is 42.5 Å². The van der Waals surface area contributed by atoms with Crippen LogP contribution in [0.4, 0.5) is 0 Å². The van der Waals surface area contributed by atoms with Gasteiger partial charge in [-0.3, -0.25) is 4.79 Å². The average Bonchev–Trinajstić information content (AvgIpc) is 2.56. The zero-order chi connectivity index (χ0) is 17.4. The monoisotopic (exact) mass is 349 g/mol. The number of hydrogen-bond acceptors (Lipinski definition) is 2. The molecule has 2 rings (SSSR count). The number of aryl methyl sites for hydroxylation is 2. The van der Waals surface area contributed by atoms with Crippen molar-refractivity contribution in [3.8, 4) is 5.75 Å². The number of ether oxygens (including phenoxy) is 1. The van der Waals surface area contributed by atoms with E-state index in [9.17, 15) is 4.79 Å². The van der Waals surface area contributed by atoms with Crippen molar-refractivity contribution in [1.29, 1.82) is 0 Å². The van der Waals surface area contributed by atoms with Crippen molar-refractivity contribution in [3.05, 3.63) is 59.2 Å². The first-order valence-electron chi connectivity index (χ1n) is 8.72. The second-order valence-corrected chi connectivity index (χ2v) is 7.44. The Hall–Kier alpha value is -1.06. The maximum absolute atomic E-state index is 12.6. The molecule has 0 aliphatic heterocycles. The van der Waals surface area contributed by atoms with E-state index in [1.54, 1.807) is 0 Å². The Labute approximate surface area is 165 Å². The van der Waals surface area contributed by atoms with Crippen LogP contribution in [0.5, 0.6) is 5.75 Å². The predicted octanol–water partition coefficient (Wildman–Crippen LogP) is 2.41. The minimum atomic E-state index is 0. The van der Waals surface area contributed by atoms with Gasteiger partial charge in [0.15, 0.2) is 5.52 Å². The molecule has 0 aromatic heterocycles. The first-order valence-corrected chi connectivity index (χ1v) is 9.72. The van der Waals surface area contributed by atoms with Crippen molar-refractivity contribution in [2.45, 2.75) is 46.5 Å². The van der Waals surface area contributed by atoms with E-state index in [0.29, 0.717) is 0 Å². The van der Waals surface area contributed by atoms with Crippen LogP contribution in [0, 0.1) is 13.8 Å². The smallest absolute Gasteiger partial charge is 0.494 e. The fourth-order valence-corrected chi connectivity index (χ4v) is 3.83. The van der Waals surface area contributed by atoms with Crippen LogP contribution in [0.1, 0.15) is 54.1 Å². The molecule has 1 unspecified atom stereocenters. The number of rotatable bonds is 9. The van der Waals surface area contributed by atoms with Gasteiger partial charge in [-0.1, -0.05) is 56.5 Å². The number of hydrogen-bond donors (Lipinski definition) is 0. The van der Waals surface area contributed by atoms with Crippen molar-refractivity contribution >= 4 is 19.4 Å². The Morgan fingerprint density at radius 3 is 2.20 bits per heavy atom. The van der Waals surface area contributed by atoms with Crippen LogP contribution in [0.2, 0.25) is 0 Å². The van der Waals surface area contributed by atoms with E-state index in [4.69, 9.17) is 4.74 Å². The van der Waals surface area contributed by atoms with Crippen molar-refractivity contribution in [2.24, 2.45) is 0 Å². The van der Waals surface area contributed by atoms with E-state index < -0.39 is 0 Å². The Morgan fingerprint density at radius 1 is 0.960 bits per heavy atom. The topological polar surface area (TPSA) is 26.3 Å². The Bertz CT molecular complexity index is 648. The van der Waals surface area contributed by atoms with Gasteiger partial charge in [0.05, 0.1) is 6.61 Å². The largest absolute Gasteiger partial charge is 1.00 e. The Balaban J connectivity index is 0.00000312. The second kappa shape index (κ2) is 11.5. The van der Waals surface area contributed by atoms with Crippen molar-refractivity contribution in [1.82, 2.24) is 0 Å². The second-order valence-electron chi connectivity index (χ2n) is 6.15. The van der Waals surface area contributed by atoms with E-state index in [1.807, 2.05) is 56.3 Å². The molecule has 0 heterocycles. The predicted molar refractivity (Wildman–Crippen MR) is 104 cm³/mol. The molecule has 4 heteroatoms. The van der Waals surface area contributed by atoms with Crippen LogP contribution in [-0.2, 0) is 0 Å². The zero-order valence-corrected chi connectivity index (χ0v) is 16.9. The summed E-state index contributed by atoms with van der Waals surface area (Å²) in [5.41, 5.74) is 3.19. The Morgan fingerprint density at radius 2 is 1.60 bits per heavy atom. The number of carbonyl (C=O) groups is 1. The van der Waals surface area contributed by atoms with Gasteiger partial charge in [-0.05, 0) is 57.4 Å². The summed E-state index contributed by atoms with van der Waals surface area (Å²) in [5, 5.41) is 1.06. The molecule has 0 radical (unpaired) electrons. The molecule has 0 saturated heterocycles. The van der Waals surface area contributed by atoms with Crippen LogP contribution < -0.4 is 28.9 Å². The van der Waals surface area contributed by atoms with E-state index in [-0.39, 0.29) is 33.0 Å². The molecule has 2 aromatic rings. The Kier molecular flexibility index (Phi) is 10.1. The molecule has 0 aliphatic carbocycles. The van der Waals surface area contributed by atoms with Gasteiger partial charge in [-0.15, -0.1) is 0 Å². The fraction of sp³-hybridized carbons (Fsp3) is 0.381. The van der Waals surface area contributed by atoms with E-state index in [2.05, 4.69) is 6.92 Å². The average molecular weight is 349 g/mol. The third-order valence-electron chi connectivity index (χ3n) is 4.09. The molecule has 128 valence electrons. The molecule has 0 N–H and O–H groups in total. The summed E-state index contributed by atoms with van der Waals surface area (Å²) >= 11 is 0. The maximum atomic E-state index is 12.6. The minimum Gasteiger partial charge on any atom is -0.494 e. The minimum absolute atomic E-state index is 0. The van der Waals surface area contributed by atoms with Crippen LogP contribution >= 0.6 is 8.58 Å². The van der Waals surface area contributed by atoms with Crippen molar-refractivity contribution in [3.63, 3.8) is 0 Å². The number of benzene rings is 2. The first-order chi connectivity index (χ1) is 11.6. The van der Waals surface area contributed by atoms with E-state index >= 15 is 0 Å². The summed E-state index contributed by atoms with van der Waals surface area (Å²) in [4.78, 5) is 12.6. The van der Waals surface area contributed by atoms with Crippen molar-refractivity contribution < 1.29 is 28.4 Å². The molecular formula is C21H27LiO2P+. The molecule has 0 amide bonds. The molecule has 0 saturated carbocycles. The normalized spacial score (nSPS) is 10.7. The SMILES string of the molecule is CCCCCCOc1ccc(PC(=O)c2c(C)cccc2C)cc1.[Li+]. The van der Waals surface area contributed by atoms with Gasteiger partial charge in [-0.25, -0.2) is 0 Å². The number of carbonyl (C=O) groups excluding carboxylic acids is 1. The summed E-state index contributed by atoms with van der Waals surface area (Å²) in [6, 6.07) is 14.0. The maximum Gasteiger partial charge on any atom is 1.00 e. The molecule has 0 bridgehead atoms. The quantitative estimate of drug-likeness (QED) is 0.395. The molecule has 0 fully saturated rings. The molecule has 2 nitrogen and oxygen atoms in total. The summed E-state index contributed by atoms with van der Waals surface area (Å²) in [6.45, 7) is 6.98. The van der Waals surface area contributed by atoms with Crippen molar-refractivity contribution in [2.75, 3.05) is 6.61 Å². The van der Waals surface area contributed by atoms with Gasteiger partial charge in [0.25, 0.3) is 0 Å². The van der Waals surface area contributed by atoms with E-state index in [0.717, 1.165) is 40.8 Å². The van der Waals surface area contributed by atoms with Crippen LogP contribution in [0.25, 0.3) is 0 Å². The standard InChI is InChI=1S/C21H27O2P.Li/c1-4-5-6-7-15-23-18-11-13-19(14-12-18)24-21(22)20-16(2)9-8-10-17(20)3;/h8-14,24H,4-7,15H2,1-3H3;/q;+1. The molecule has 0 spiro atoms. The summed E-state index contributed by atoms with van der Waals surface area (Å²) in [5.74, 6) is 0.888. The van der Waals surface area contributed by atoms with Crippen LogP contribution in [0.3, 0.4) is 0 Å². The molecule has 1 atom stereocenters. The summed E-state index contributed by atoms with van der Waals surface area (Å²) in [6.07, 6.45) is 4.83. The van der Waals surface area contributed by atoms with Gasteiger partial charge in [0.2, 0.25) is 0 Å². The van der Waals surface area contributed by atoms with E-state index in [1.165, 1.54) is 19.3 Å². The third kappa shape index (κ3) is 6.99. The number of unbranched alkanes of at least 4 members (excludes halogenated alkanes) is 3. The zero-order valence-electron chi connectivity index (χ0n) is 15.9. The third-order valence-corrected chi connectivity index (χ3v) is 5.19. The summed E-state index contributed by atoms with van der Waals surface area (Å²) < 4.78 is 5.75. The molecular weight excluding hydrogens is 322 g/mol. The van der Waals surface area contributed by atoms with Crippen LogP contribution in [-0.4, -0.2) is 12.1 Å². The van der Waals surface area contributed by atoms with Gasteiger partial charge in [-0.2, -0.15) is 0 Å². The molecule has 25 heavy (non-hydrogen) atoms. The molecule has 0 aliphatic rings. The summed E-state index contributed by atoms with van der Waals surface area (Å²) in [7, 11) is 0.153. The van der Waals surface area contributed by atoms with Gasteiger partial charge < -0.3 is 4.74 Å². The van der Waals surface area contributed by atoms with Gasteiger partial charge in [0, 0.05) is 5.56 Å².